The summed E-state index contributed by atoms with van der Waals surface area (Å²) >= 11 is 0. The van der Waals surface area contributed by atoms with Gasteiger partial charge in [0.2, 0.25) is 5.91 Å². The Bertz CT molecular complexity index is 177. The first-order valence-electron chi connectivity index (χ1n) is 5.66. The number of amides is 1. The molecule has 0 saturated heterocycles. The summed E-state index contributed by atoms with van der Waals surface area (Å²) < 4.78 is 9.85. The van der Waals surface area contributed by atoms with Crippen molar-refractivity contribution in [2.75, 3.05) is 47.1 Å². The first kappa shape index (κ1) is 15.3. The first-order chi connectivity index (χ1) is 7.70. The molecule has 0 spiro atoms. The number of nitrogens with one attached hydrogen (secondary N) is 2. The minimum Gasteiger partial charge on any atom is -0.384 e. The van der Waals surface area contributed by atoms with Crippen LogP contribution in [0, 0.1) is 5.92 Å². The molecule has 96 valence electrons. The lowest BCUT2D eigenvalue weighted by Gasteiger charge is -2.10. The van der Waals surface area contributed by atoms with Gasteiger partial charge in [-0.15, -0.1) is 0 Å². The van der Waals surface area contributed by atoms with Crippen LogP contribution in [0.2, 0.25) is 0 Å². The van der Waals surface area contributed by atoms with E-state index in [0.717, 1.165) is 13.1 Å². The monoisotopic (exact) mass is 232 g/mol. The molecule has 0 heterocycles. The van der Waals surface area contributed by atoms with E-state index in [1.807, 2.05) is 6.92 Å². The zero-order valence-corrected chi connectivity index (χ0v) is 10.5. The van der Waals surface area contributed by atoms with Crippen molar-refractivity contribution in [3.63, 3.8) is 0 Å². The number of ether oxygens (including phenoxy) is 2. The lowest BCUT2D eigenvalue weighted by Crippen LogP contribution is -2.34. The van der Waals surface area contributed by atoms with Gasteiger partial charge in [-0.05, 0) is 5.92 Å². The second-order valence-electron chi connectivity index (χ2n) is 3.86. The van der Waals surface area contributed by atoms with Gasteiger partial charge >= 0.3 is 0 Å². The maximum Gasteiger partial charge on any atom is 0.220 e. The van der Waals surface area contributed by atoms with Gasteiger partial charge in [-0.25, -0.2) is 0 Å². The molecule has 0 aliphatic rings. The third kappa shape index (κ3) is 9.89. The van der Waals surface area contributed by atoms with E-state index in [1.165, 1.54) is 0 Å². The van der Waals surface area contributed by atoms with Crippen molar-refractivity contribution in [1.82, 2.24) is 10.6 Å². The average molecular weight is 232 g/mol. The van der Waals surface area contributed by atoms with Crippen molar-refractivity contribution in [2.24, 2.45) is 5.92 Å². The SMILES string of the molecule is COCCNCCNC(=O)CC(C)COC. The molecule has 5 heteroatoms. The summed E-state index contributed by atoms with van der Waals surface area (Å²) in [6, 6.07) is 0. The molecule has 0 aromatic heterocycles. The van der Waals surface area contributed by atoms with Crippen molar-refractivity contribution >= 4 is 5.91 Å². The smallest absolute Gasteiger partial charge is 0.220 e. The largest absolute Gasteiger partial charge is 0.384 e. The lowest BCUT2D eigenvalue weighted by molar-refractivity contribution is -0.122. The van der Waals surface area contributed by atoms with Crippen molar-refractivity contribution in [2.45, 2.75) is 13.3 Å². The number of hydrogen-bond donors (Lipinski definition) is 2. The fourth-order valence-electron chi connectivity index (χ4n) is 1.32. The van der Waals surface area contributed by atoms with E-state index in [-0.39, 0.29) is 11.8 Å². The van der Waals surface area contributed by atoms with Crippen LogP contribution in [0.5, 0.6) is 0 Å². The Morgan fingerprint density at radius 2 is 1.94 bits per heavy atom. The van der Waals surface area contributed by atoms with E-state index in [9.17, 15) is 4.79 Å². The van der Waals surface area contributed by atoms with E-state index in [4.69, 9.17) is 9.47 Å². The van der Waals surface area contributed by atoms with Gasteiger partial charge in [-0.1, -0.05) is 6.92 Å². The molecule has 1 atom stereocenters. The Hall–Kier alpha value is -0.650. The highest BCUT2D eigenvalue weighted by Crippen LogP contribution is 2.00. The van der Waals surface area contributed by atoms with Crippen molar-refractivity contribution in [3.8, 4) is 0 Å². The fraction of sp³-hybridized carbons (Fsp3) is 0.909. The number of methoxy groups -OCH3 is 2. The number of rotatable bonds is 10. The molecule has 1 amide bonds. The topological polar surface area (TPSA) is 59.6 Å². The highest BCUT2D eigenvalue weighted by Gasteiger charge is 2.07. The summed E-state index contributed by atoms with van der Waals surface area (Å²) in [5.41, 5.74) is 0. The van der Waals surface area contributed by atoms with Crippen LogP contribution in [-0.2, 0) is 14.3 Å². The van der Waals surface area contributed by atoms with Gasteiger partial charge in [0, 0.05) is 46.9 Å². The molecule has 0 fully saturated rings. The molecule has 2 N–H and O–H groups in total. The van der Waals surface area contributed by atoms with E-state index in [1.54, 1.807) is 14.2 Å². The standard InChI is InChI=1S/C11H24N2O3/c1-10(9-16-3)8-11(14)13-5-4-12-6-7-15-2/h10,12H,4-9H2,1-3H3,(H,13,14). The van der Waals surface area contributed by atoms with Crippen molar-refractivity contribution in [1.29, 1.82) is 0 Å². The van der Waals surface area contributed by atoms with Gasteiger partial charge in [0.05, 0.1) is 6.61 Å². The third-order valence-corrected chi connectivity index (χ3v) is 2.09. The Labute approximate surface area is 97.9 Å². The Morgan fingerprint density at radius 1 is 1.19 bits per heavy atom. The van der Waals surface area contributed by atoms with E-state index in [0.29, 0.717) is 26.2 Å². The van der Waals surface area contributed by atoms with Gasteiger partial charge in [0.25, 0.3) is 0 Å². The minimum atomic E-state index is 0.0816. The molecule has 16 heavy (non-hydrogen) atoms. The van der Waals surface area contributed by atoms with Crippen LogP contribution in [0.25, 0.3) is 0 Å². The Balaban J connectivity index is 3.30. The van der Waals surface area contributed by atoms with Gasteiger partial charge in [0.15, 0.2) is 0 Å². The predicted molar refractivity (Wildman–Crippen MR) is 63.4 cm³/mol. The van der Waals surface area contributed by atoms with Crippen LogP contribution in [0.4, 0.5) is 0 Å². The van der Waals surface area contributed by atoms with Crippen LogP contribution >= 0.6 is 0 Å². The third-order valence-electron chi connectivity index (χ3n) is 2.09. The lowest BCUT2D eigenvalue weighted by atomic mass is 10.1. The molecule has 0 aliphatic carbocycles. The molecule has 0 rings (SSSR count). The molecule has 0 aromatic rings. The normalized spacial score (nSPS) is 12.4. The average Bonchev–Trinajstić information content (AvgIpc) is 2.23. The van der Waals surface area contributed by atoms with Crippen molar-refractivity contribution < 1.29 is 14.3 Å². The molecular weight excluding hydrogens is 208 g/mol. The van der Waals surface area contributed by atoms with Gasteiger partial charge < -0.3 is 20.1 Å². The highest BCUT2D eigenvalue weighted by molar-refractivity contribution is 5.76. The fourth-order valence-corrected chi connectivity index (χ4v) is 1.32. The Morgan fingerprint density at radius 3 is 2.56 bits per heavy atom. The second kappa shape index (κ2) is 10.9. The summed E-state index contributed by atoms with van der Waals surface area (Å²) in [6.45, 7) is 5.56. The predicted octanol–water partition coefficient (Wildman–Crippen LogP) is 0.0112. The maximum atomic E-state index is 11.4. The first-order valence-corrected chi connectivity index (χ1v) is 5.66. The van der Waals surface area contributed by atoms with Gasteiger partial charge in [0.1, 0.15) is 0 Å². The summed E-state index contributed by atoms with van der Waals surface area (Å²) in [7, 11) is 3.31. The van der Waals surface area contributed by atoms with Crippen LogP contribution < -0.4 is 10.6 Å². The second-order valence-corrected chi connectivity index (χ2v) is 3.86. The zero-order chi connectivity index (χ0) is 12.2. The van der Waals surface area contributed by atoms with Gasteiger partial charge in [-0.3, -0.25) is 4.79 Å². The highest BCUT2D eigenvalue weighted by atomic mass is 16.5. The molecule has 0 bridgehead atoms. The van der Waals surface area contributed by atoms with Crippen LogP contribution in [0.1, 0.15) is 13.3 Å². The number of carbonyl (C=O) groups excluding carboxylic acids is 1. The van der Waals surface area contributed by atoms with Crippen LogP contribution in [0.15, 0.2) is 0 Å². The molecule has 0 aliphatic heterocycles. The molecular formula is C11H24N2O3. The summed E-state index contributed by atoms with van der Waals surface area (Å²) in [5.74, 6) is 0.351. The van der Waals surface area contributed by atoms with E-state index < -0.39 is 0 Å². The molecule has 1 unspecified atom stereocenters. The number of carbonyl (C=O) groups is 1. The number of hydrogen-bond acceptors (Lipinski definition) is 4. The summed E-state index contributed by atoms with van der Waals surface area (Å²) in [4.78, 5) is 11.4. The molecule has 0 radical (unpaired) electrons. The van der Waals surface area contributed by atoms with Crippen LogP contribution in [0.3, 0.4) is 0 Å². The van der Waals surface area contributed by atoms with Gasteiger partial charge in [-0.2, -0.15) is 0 Å². The van der Waals surface area contributed by atoms with E-state index >= 15 is 0 Å². The zero-order valence-electron chi connectivity index (χ0n) is 10.5. The van der Waals surface area contributed by atoms with Crippen LogP contribution in [-0.4, -0.2) is 53.0 Å². The quantitative estimate of drug-likeness (QED) is 0.521. The van der Waals surface area contributed by atoms with E-state index in [2.05, 4.69) is 10.6 Å². The molecule has 0 aromatic carbocycles. The maximum absolute atomic E-state index is 11.4. The van der Waals surface area contributed by atoms with Crippen molar-refractivity contribution in [3.05, 3.63) is 0 Å². The molecule has 5 nitrogen and oxygen atoms in total. The minimum absolute atomic E-state index is 0.0816. The summed E-state index contributed by atoms with van der Waals surface area (Å²) in [5, 5.41) is 6.01. The summed E-state index contributed by atoms with van der Waals surface area (Å²) in [6.07, 6.45) is 0.520. The Kier molecular flexibility index (Phi) is 10.4. The molecule has 0 saturated carbocycles.